The summed E-state index contributed by atoms with van der Waals surface area (Å²) in [5.41, 5.74) is 5.65. The normalized spacial score (nSPS) is 14.3. The summed E-state index contributed by atoms with van der Waals surface area (Å²) in [5, 5.41) is 14.5. The summed E-state index contributed by atoms with van der Waals surface area (Å²) < 4.78 is 3.52. The molecule has 0 aliphatic carbocycles. The molecule has 0 bridgehead atoms. The minimum atomic E-state index is -0.836. The van der Waals surface area contributed by atoms with E-state index in [9.17, 15) is 14.7 Å². The highest BCUT2D eigenvalue weighted by Crippen LogP contribution is 2.33. The van der Waals surface area contributed by atoms with Gasteiger partial charge >= 0.3 is 11.4 Å². The SMILES string of the molecule is CC(C)N1c2ccccc2NC1[O-].CC(C)n1c(=O)[nH]c2ccccc21.CC(C)n1c(=O)[nH]c2ccccc21. The van der Waals surface area contributed by atoms with Gasteiger partial charge < -0.3 is 25.3 Å². The number of nitrogens with zero attached hydrogens (tertiary/aromatic N) is 3. The molecule has 9 heteroatoms. The number of fused-ring (bicyclic) bond motifs is 3. The van der Waals surface area contributed by atoms with E-state index in [4.69, 9.17) is 0 Å². The van der Waals surface area contributed by atoms with E-state index in [-0.39, 0.29) is 29.5 Å². The first-order valence-corrected chi connectivity index (χ1v) is 13.3. The first kappa shape index (κ1) is 27.8. The van der Waals surface area contributed by atoms with Crippen molar-refractivity contribution in [3.63, 3.8) is 0 Å². The molecule has 206 valence electrons. The van der Waals surface area contributed by atoms with Crippen LogP contribution in [0.2, 0.25) is 0 Å². The average Bonchev–Trinajstić information content (AvgIpc) is 3.52. The molecular weight excluding hydrogens is 492 g/mol. The highest BCUT2D eigenvalue weighted by atomic mass is 16.3. The fourth-order valence-corrected chi connectivity index (χ4v) is 4.87. The van der Waals surface area contributed by atoms with Crippen LogP contribution >= 0.6 is 0 Å². The molecular formula is C30H37N6O3-. The van der Waals surface area contributed by atoms with Crippen LogP contribution < -0.4 is 26.7 Å². The zero-order chi connectivity index (χ0) is 28.3. The number of hydrogen-bond donors (Lipinski definition) is 3. The van der Waals surface area contributed by atoms with Crippen LogP contribution in [0.3, 0.4) is 0 Å². The number of aromatic nitrogens is 4. The Morgan fingerprint density at radius 3 is 1.54 bits per heavy atom. The Morgan fingerprint density at radius 1 is 0.641 bits per heavy atom. The molecule has 1 aliphatic heterocycles. The van der Waals surface area contributed by atoms with Crippen LogP contribution in [0, 0.1) is 0 Å². The molecule has 1 unspecified atom stereocenters. The van der Waals surface area contributed by atoms with Crippen molar-refractivity contribution in [2.24, 2.45) is 0 Å². The van der Waals surface area contributed by atoms with Crippen molar-refractivity contribution in [2.45, 2.75) is 66.0 Å². The van der Waals surface area contributed by atoms with E-state index in [0.29, 0.717) is 0 Å². The maximum absolute atomic E-state index is 11.6. The van der Waals surface area contributed by atoms with Gasteiger partial charge in [-0.25, -0.2) is 9.59 Å². The smallest absolute Gasteiger partial charge is 0.326 e. The lowest BCUT2D eigenvalue weighted by Crippen LogP contribution is -2.49. The summed E-state index contributed by atoms with van der Waals surface area (Å²) in [6, 6.07) is 23.9. The molecule has 0 saturated heterocycles. The largest absolute Gasteiger partial charge is 0.820 e. The molecule has 3 aromatic carbocycles. The number of nitrogens with one attached hydrogen (secondary N) is 3. The maximum Gasteiger partial charge on any atom is 0.326 e. The first-order chi connectivity index (χ1) is 18.6. The topological polar surface area (TPSA) is 114 Å². The zero-order valence-corrected chi connectivity index (χ0v) is 23.3. The molecule has 1 aliphatic rings. The summed E-state index contributed by atoms with van der Waals surface area (Å²) in [6.45, 7) is 12.1. The van der Waals surface area contributed by atoms with Crippen molar-refractivity contribution in [2.75, 3.05) is 10.2 Å². The van der Waals surface area contributed by atoms with Gasteiger partial charge in [0, 0.05) is 24.5 Å². The average molecular weight is 530 g/mol. The third kappa shape index (κ3) is 5.78. The van der Waals surface area contributed by atoms with Gasteiger partial charge in [-0.05, 0) is 77.9 Å². The van der Waals surface area contributed by atoms with Gasteiger partial charge in [0.05, 0.1) is 33.4 Å². The summed E-state index contributed by atoms with van der Waals surface area (Å²) in [4.78, 5) is 30.4. The van der Waals surface area contributed by atoms with Crippen molar-refractivity contribution in [3.8, 4) is 0 Å². The predicted molar refractivity (Wildman–Crippen MR) is 157 cm³/mol. The quantitative estimate of drug-likeness (QED) is 0.311. The summed E-state index contributed by atoms with van der Waals surface area (Å²) in [6.07, 6.45) is -0.836. The molecule has 39 heavy (non-hydrogen) atoms. The van der Waals surface area contributed by atoms with Crippen molar-refractivity contribution >= 4 is 33.4 Å². The van der Waals surface area contributed by atoms with Gasteiger partial charge in [0.2, 0.25) is 0 Å². The number of anilines is 2. The maximum atomic E-state index is 11.6. The van der Waals surface area contributed by atoms with E-state index >= 15 is 0 Å². The van der Waals surface area contributed by atoms with Gasteiger partial charge in [-0.2, -0.15) is 0 Å². The molecule has 0 spiro atoms. The summed E-state index contributed by atoms with van der Waals surface area (Å²) in [7, 11) is 0. The van der Waals surface area contributed by atoms with Crippen LogP contribution in [0.1, 0.15) is 53.6 Å². The zero-order valence-electron chi connectivity index (χ0n) is 23.3. The van der Waals surface area contributed by atoms with Gasteiger partial charge in [0.15, 0.2) is 0 Å². The van der Waals surface area contributed by atoms with Crippen LogP contribution in [0.5, 0.6) is 0 Å². The first-order valence-electron chi connectivity index (χ1n) is 13.3. The molecule has 3 N–H and O–H groups in total. The van der Waals surface area contributed by atoms with Gasteiger partial charge in [0.1, 0.15) is 0 Å². The lowest BCUT2D eigenvalue weighted by atomic mass is 10.2. The van der Waals surface area contributed by atoms with Crippen molar-refractivity contribution < 1.29 is 5.11 Å². The standard InChI is InChI=1S/C10H13N2O.2C10H12N2O/c3*1-7(2)12-9-6-4-3-5-8(9)11-10(12)13/h3-7,10-11H,1-2H3;2*3-7H,1-2H3,(H,11,13)/q-1;;. The second-order valence-electron chi connectivity index (χ2n) is 10.3. The van der Waals surface area contributed by atoms with E-state index < -0.39 is 6.35 Å². The fraction of sp³-hybridized carbons (Fsp3) is 0.333. The van der Waals surface area contributed by atoms with Crippen molar-refractivity contribution in [1.29, 1.82) is 0 Å². The number of aromatic amines is 2. The van der Waals surface area contributed by atoms with Crippen molar-refractivity contribution in [3.05, 3.63) is 93.8 Å². The number of imidazole rings is 2. The third-order valence-corrected chi connectivity index (χ3v) is 6.55. The van der Waals surface area contributed by atoms with Crippen LogP contribution in [0.4, 0.5) is 11.4 Å². The Labute approximate surface area is 227 Å². The highest BCUT2D eigenvalue weighted by Gasteiger charge is 2.22. The van der Waals surface area contributed by atoms with E-state index in [1.807, 2.05) is 119 Å². The molecule has 3 heterocycles. The van der Waals surface area contributed by atoms with E-state index in [1.54, 1.807) is 9.13 Å². The Balaban J connectivity index is 0.000000136. The Hall–Kier alpha value is -4.24. The second kappa shape index (κ2) is 11.7. The Kier molecular flexibility index (Phi) is 8.30. The van der Waals surface area contributed by atoms with Crippen molar-refractivity contribution in [1.82, 2.24) is 19.1 Å². The van der Waals surface area contributed by atoms with Crippen LogP contribution in [-0.4, -0.2) is 31.5 Å². The molecule has 0 amide bonds. The molecule has 6 rings (SSSR count). The summed E-state index contributed by atoms with van der Waals surface area (Å²) in [5.74, 6) is 0. The van der Waals surface area contributed by atoms with Gasteiger partial charge in [0.25, 0.3) is 0 Å². The molecule has 0 fully saturated rings. The molecule has 0 radical (unpaired) electrons. The number of benzene rings is 3. The second-order valence-corrected chi connectivity index (χ2v) is 10.3. The summed E-state index contributed by atoms with van der Waals surface area (Å²) >= 11 is 0. The molecule has 5 aromatic rings. The van der Waals surface area contributed by atoms with Gasteiger partial charge in [-0.1, -0.05) is 36.4 Å². The predicted octanol–water partition coefficient (Wildman–Crippen LogP) is 4.79. The molecule has 9 nitrogen and oxygen atoms in total. The molecule has 1 atom stereocenters. The van der Waals surface area contributed by atoms with Gasteiger partial charge in [-0.3, -0.25) is 9.13 Å². The highest BCUT2D eigenvalue weighted by molar-refractivity contribution is 5.76. The Morgan fingerprint density at radius 2 is 1.08 bits per heavy atom. The third-order valence-electron chi connectivity index (χ3n) is 6.55. The van der Waals surface area contributed by atoms with Crippen LogP contribution in [0.15, 0.2) is 82.4 Å². The fourth-order valence-electron chi connectivity index (χ4n) is 4.87. The van der Waals surface area contributed by atoms with E-state index in [1.165, 1.54) is 0 Å². The molecule has 2 aromatic heterocycles. The number of H-pyrrole nitrogens is 2. The lowest BCUT2D eigenvalue weighted by molar-refractivity contribution is -0.408. The van der Waals surface area contributed by atoms with E-state index in [2.05, 4.69) is 15.3 Å². The van der Waals surface area contributed by atoms with Crippen LogP contribution in [-0.2, 0) is 0 Å². The minimum Gasteiger partial charge on any atom is -0.820 e. The minimum absolute atomic E-state index is 0.0313. The number of hydrogen-bond acceptors (Lipinski definition) is 5. The van der Waals surface area contributed by atoms with E-state index in [0.717, 1.165) is 33.4 Å². The Bertz CT molecular complexity index is 1560. The lowest BCUT2D eigenvalue weighted by Gasteiger charge is -2.34. The monoisotopic (exact) mass is 529 g/mol. The van der Waals surface area contributed by atoms with Crippen LogP contribution in [0.25, 0.3) is 22.1 Å². The number of rotatable bonds is 3. The number of para-hydroxylation sites is 6. The molecule has 0 saturated carbocycles. The van der Waals surface area contributed by atoms with Gasteiger partial charge in [-0.15, -0.1) is 0 Å².